The Morgan fingerprint density at radius 2 is 1.67 bits per heavy atom. The van der Waals surface area contributed by atoms with Crippen molar-refractivity contribution in [3.05, 3.63) is 100 Å². The summed E-state index contributed by atoms with van der Waals surface area (Å²) in [7, 11) is 0. The van der Waals surface area contributed by atoms with Gasteiger partial charge in [-0.3, -0.25) is 14.5 Å². The summed E-state index contributed by atoms with van der Waals surface area (Å²) in [5, 5.41) is 6.66. The van der Waals surface area contributed by atoms with Crippen molar-refractivity contribution in [3.8, 4) is 16.9 Å². The number of H-pyrrole nitrogens is 1. The highest BCUT2D eigenvalue weighted by atomic mass is 32.1. The van der Waals surface area contributed by atoms with Crippen molar-refractivity contribution in [2.45, 2.75) is 6.54 Å². The molecule has 0 aliphatic carbocycles. The van der Waals surface area contributed by atoms with E-state index in [1.807, 2.05) is 83.1 Å². The second kappa shape index (κ2) is 9.52. The molecule has 1 saturated heterocycles. The lowest BCUT2D eigenvalue weighted by Gasteiger charge is -2.34. The first kappa shape index (κ1) is 22.4. The molecule has 2 aromatic carbocycles. The van der Waals surface area contributed by atoms with Gasteiger partial charge in [0, 0.05) is 31.7 Å². The van der Waals surface area contributed by atoms with Gasteiger partial charge in [0.15, 0.2) is 0 Å². The number of nitrogens with zero attached hydrogens (tertiary/aromatic N) is 5. The maximum atomic E-state index is 13.7. The number of aromatic nitrogens is 4. The third kappa shape index (κ3) is 4.34. The quantitative estimate of drug-likeness (QED) is 0.400. The van der Waals surface area contributed by atoms with Crippen LogP contribution in [0, 0.1) is 0 Å². The molecule has 5 aromatic rings. The van der Waals surface area contributed by atoms with Crippen LogP contribution in [0.1, 0.15) is 16.3 Å². The van der Waals surface area contributed by atoms with Crippen LogP contribution in [0.25, 0.3) is 27.2 Å². The number of benzene rings is 2. The molecule has 1 aliphatic rings. The number of carbonyl (C=O) groups excluding carboxylic acids is 1. The molecule has 1 fully saturated rings. The number of carbonyl (C=O) groups is 1. The zero-order valence-electron chi connectivity index (χ0n) is 19.5. The Bertz CT molecular complexity index is 1570. The van der Waals surface area contributed by atoms with E-state index in [0.29, 0.717) is 48.9 Å². The summed E-state index contributed by atoms with van der Waals surface area (Å²) >= 11 is 1.40. The highest BCUT2D eigenvalue weighted by Crippen LogP contribution is 2.23. The highest BCUT2D eigenvalue weighted by molar-refractivity contribution is 7.17. The van der Waals surface area contributed by atoms with E-state index in [9.17, 15) is 9.59 Å². The summed E-state index contributed by atoms with van der Waals surface area (Å²) < 4.78 is 2.39. The summed E-state index contributed by atoms with van der Waals surface area (Å²) in [6.45, 7) is 3.11. The first-order valence-electron chi connectivity index (χ1n) is 11.8. The number of nitrogens with one attached hydrogen (secondary N) is 1. The van der Waals surface area contributed by atoms with Gasteiger partial charge in [0.1, 0.15) is 16.2 Å². The van der Waals surface area contributed by atoms with Gasteiger partial charge in [-0.15, -0.1) is 11.3 Å². The van der Waals surface area contributed by atoms with Crippen molar-refractivity contribution in [1.29, 1.82) is 0 Å². The minimum absolute atomic E-state index is 0.0422. The number of para-hydroxylation sites is 1. The zero-order valence-corrected chi connectivity index (χ0v) is 20.3. The van der Waals surface area contributed by atoms with E-state index in [1.54, 1.807) is 4.68 Å². The van der Waals surface area contributed by atoms with Crippen molar-refractivity contribution >= 4 is 27.5 Å². The molecule has 0 saturated carbocycles. The number of aromatic amines is 1. The van der Waals surface area contributed by atoms with Gasteiger partial charge in [-0.1, -0.05) is 48.5 Å². The van der Waals surface area contributed by atoms with Crippen LogP contribution in [0.3, 0.4) is 0 Å². The molecule has 0 atom stereocenters. The Hall–Kier alpha value is -4.08. The molecule has 0 spiro atoms. The third-order valence-electron chi connectivity index (χ3n) is 6.40. The molecule has 9 heteroatoms. The Labute approximate surface area is 211 Å². The largest absolute Gasteiger partial charge is 0.335 e. The summed E-state index contributed by atoms with van der Waals surface area (Å²) in [5.74, 6) is 0.611. The van der Waals surface area contributed by atoms with Crippen LogP contribution in [-0.4, -0.2) is 61.6 Å². The molecule has 4 heterocycles. The highest BCUT2D eigenvalue weighted by Gasteiger charge is 2.26. The normalized spacial score (nSPS) is 14.4. The van der Waals surface area contributed by atoms with Crippen LogP contribution in [0.4, 0.5) is 0 Å². The Morgan fingerprint density at radius 3 is 2.42 bits per heavy atom. The monoisotopic (exact) mass is 496 g/mol. The first-order valence-corrected chi connectivity index (χ1v) is 12.7. The second-order valence-electron chi connectivity index (χ2n) is 8.74. The van der Waals surface area contributed by atoms with E-state index in [-0.39, 0.29) is 11.5 Å². The minimum Gasteiger partial charge on any atom is -0.335 e. The zero-order chi connectivity index (χ0) is 24.5. The molecule has 6 rings (SSSR count). The van der Waals surface area contributed by atoms with E-state index in [4.69, 9.17) is 5.10 Å². The topological polar surface area (TPSA) is 87.1 Å². The fraction of sp³-hybridized carbons (Fsp3) is 0.185. The fourth-order valence-corrected chi connectivity index (χ4v) is 5.25. The Morgan fingerprint density at radius 1 is 0.944 bits per heavy atom. The van der Waals surface area contributed by atoms with Crippen LogP contribution in [0.15, 0.2) is 83.0 Å². The van der Waals surface area contributed by atoms with Gasteiger partial charge < -0.3 is 9.88 Å². The number of hydrogen-bond acceptors (Lipinski definition) is 6. The molecule has 1 aliphatic heterocycles. The molecule has 0 radical (unpaired) electrons. The molecular weight excluding hydrogens is 472 g/mol. The lowest BCUT2D eigenvalue weighted by Crippen LogP contribution is -2.48. The van der Waals surface area contributed by atoms with Crippen LogP contribution in [0.2, 0.25) is 0 Å². The number of thiophene rings is 1. The molecule has 180 valence electrons. The van der Waals surface area contributed by atoms with Crippen molar-refractivity contribution in [2.24, 2.45) is 0 Å². The summed E-state index contributed by atoms with van der Waals surface area (Å²) in [5.41, 5.74) is 3.76. The number of fused-ring (bicyclic) bond motifs is 1. The maximum absolute atomic E-state index is 13.7. The lowest BCUT2D eigenvalue weighted by atomic mass is 10.1. The average Bonchev–Trinajstić information content (AvgIpc) is 3.58. The number of rotatable bonds is 5. The van der Waals surface area contributed by atoms with Crippen LogP contribution in [0.5, 0.6) is 0 Å². The maximum Gasteiger partial charge on any atom is 0.272 e. The molecule has 0 unspecified atom stereocenters. The summed E-state index contributed by atoms with van der Waals surface area (Å²) in [6, 6.07) is 23.4. The standard InChI is InChI=1S/C27H24N6O2S/c34-26-25-21(11-16-36-25)28-24(29-26)18-31-12-14-32(15-13-31)27(35)23-17-22(19-7-3-1-4-8-19)30-33(23)20-9-5-2-6-10-20/h1-11,16-17H,12-15,18H2,(H,28,29,34). The molecule has 1 N–H and O–H groups in total. The van der Waals surface area contributed by atoms with Crippen molar-refractivity contribution in [1.82, 2.24) is 29.5 Å². The van der Waals surface area contributed by atoms with E-state index in [0.717, 1.165) is 22.5 Å². The number of amides is 1. The van der Waals surface area contributed by atoms with E-state index in [1.165, 1.54) is 11.3 Å². The van der Waals surface area contributed by atoms with Crippen molar-refractivity contribution in [2.75, 3.05) is 26.2 Å². The second-order valence-corrected chi connectivity index (χ2v) is 9.66. The first-order chi connectivity index (χ1) is 17.7. The molecule has 1 amide bonds. The fourth-order valence-electron chi connectivity index (χ4n) is 4.53. The SMILES string of the molecule is O=C(c1cc(-c2ccccc2)nn1-c1ccccc1)N1CCN(Cc2nc3ccsc3c(=O)[nH]2)CC1. The van der Waals surface area contributed by atoms with Gasteiger partial charge in [0.05, 0.1) is 23.4 Å². The predicted molar refractivity (Wildman–Crippen MR) is 140 cm³/mol. The lowest BCUT2D eigenvalue weighted by molar-refractivity contribution is 0.0616. The van der Waals surface area contributed by atoms with E-state index >= 15 is 0 Å². The van der Waals surface area contributed by atoms with Crippen LogP contribution in [-0.2, 0) is 6.54 Å². The predicted octanol–water partition coefficient (Wildman–Crippen LogP) is 3.80. The van der Waals surface area contributed by atoms with E-state index in [2.05, 4.69) is 14.9 Å². The average molecular weight is 497 g/mol. The third-order valence-corrected chi connectivity index (χ3v) is 7.30. The van der Waals surface area contributed by atoms with Crippen molar-refractivity contribution < 1.29 is 4.79 Å². The van der Waals surface area contributed by atoms with Gasteiger partial charge in [0.2, 0.25) is 0 Å². The van der Waals surface area contributed by atoms with Crippen LogP contribution >= 0.6 is 11.3 Å². The molecule has 36 heavy (non-hydrogen) atoms. The van der Waals surface area contributed by atoms with Gasteiger partial charge >= 0.3 is 0 Å². The van der Waals surface area contributed by atoms with Gasteiger partial charge in [-0.2, -0.15) is 5.10 Å². The smallest absolute Gasteiger partial charge is 0.272 e. The van der Waals surface area contributed by atoms with Crippen LogP contribution < -0.4 is 5.56 Å². The molecule has 0 bridgehead atoms. The van der Waals surface area contributed by atoms with E-state index < -0.39 is 0 Å². The Balaban J connectivity index is 1.20. The minimum atomic E-state index is -0.0952. The van der Waals surface area contributed by atoms with Gasteiger partial charge in [-0.25, -0.2) is 9.67 Å². The molecule has 8 nitrogen and oxygen atoms in total. The molecular formula is C27H24N6O2S. The summed E-state index contributed by atoms with van der Waals surface area (Å²) in [6.07, 6.45) is 0. The van der Waals surface area contributed by atoms with Gasteiger partial charge in [0.25, 0.3) is 11.5 Å². The summed E-state index contributed by atoms with van der Waals surface area (Å²) in [4.78, 5) is 37.5. The molecule has 3 aromatic heterocycles. The number of piperazine rings is 1. The van der Waals surface area contributed by atoms with Crippen molar-refractivity contribution in [3.63, 3.8) is 0 Å². The van der Waals surface area contributed by atoms with Gasteiger partial charge in [-0.05, 0) is 29.6 Å². The number of hydrogen-bond donors (Lipinski definition) is 1. The Kier molecular flexibility index (Phi) is 5.92.